The third-order valence-corrected chi connectivity index (χ3v) is 6.09. The van der Waals surface area contributed by atoms with Crippen LogP contribution in [0.3, 0.4) is 0 Å². The molecule has 1 fully saturated rings. The first-order valence-corrected chi connectivity index (χ1v) is 10.2. The number of hydrogen-bond donors (Lipinski definition) is 0. The van der Waals surface area contributed by atoms with Crippen LogP contribution < -0.4 is 4.74 Å². The molecule has 0 aliphatic carbocycles. The highest BCUT2D eigenvalue weighted by Gasteiger charge is 2.34. The quantitative estimate of drug-likeness (QED) is 0.786. The number of fused-ring (bicyclic) bond motifs is 1. The third kappa shape index (κ3) is 3.94. The van der Waals surface area contributed by atoms with Gasteiger partial charge in [-0.25, -0.2) is 4.98 Å². The number of aryl methyl sites for hydroxylation is 1. The van der Waals surface area contributed by atoms with Gasteiger partial charge in [-0.05, 0) is 30.7 Å². The van der Waals surface area contributed by atoms with Gasteiger partial charge >= 0.3 is 0 Å². The standard InChI is InChI=1S/C19H20ClN3O3S/c1-12-11-27-17(21-12)10-18(24)22-4-6-23(7-5-22)19(25)16-9-13-8-14(20)2-3-15(13)26-16/h2-3,8,11,16H,4-7,9-10H2,1H3/t16-/m0/s1. The van der Waals surface area contributed by atoms with E-state index in [1.54, 1.807) is 11.0 Å². The summed E-state index contributed by atoms with van der Waals surface area (Å²) in [7, 11) is 0. The number of nitrogens with zero attached hydrogens (tertiary/aromatic N) is 3. The Morgan fingerprint density at radius 1 is 1.26 bits per heavy atom. The van der Waals surface area contributed by atoms with Crippen molar-refractivity contribution in [2.75, 3.05) is 26.2 Å². The van der Waals surface area contributed by atoms with Gasteiger partial charge in [0, 0.05) is 48.7 Å². The van der Waals surface area contributed by atoms with E-state index in [0.29, 0.717) is 44.0 Å². The maximum absolute atomic E-state index is 12.8. The lowest BCUT2D eigenvalue weighted by molar-refractivity contribution is -0.143. The summed E-state index contributed by atoms with van der Waals surface area (Å²) in [6, 6.07) is 5.42. The summed E-state index contributed by atoms with van der Waals surface area (Å²) >= 11 is 7.52. The molecule has 1 saturated heterocycles. The maximum atomic E-state index is 12.8. The smallest absolute Gasteiger partial charge is 0.264 e. The maximum Gasteiger partial charge on any atom is 0.264 e. The van der Waals surface area contributed by atoms with Crippen molar-refractivity contribution in [1.82, 2.24) is 14.8 Å². The van der Waals surface area contributed by atoms with Crippen molar-refractivity contribution in [2.24, 2.45) is 0 Å². The van der Waals surface area contributed by atoms with E-state index < -0.39 is 6.10 Å². The lowest BCUT2D eigenvalue weighted by Gasteiger charge is -2.35. The first-order chi connectivity index (χ1) is 13.0. The molecule has 27 heavy (non-hydrogen) atoms. The zero-order chi connectivity index (χ0) is 19.0. The van der Waals surface area contributed by atoms with Gasteiger partial charge in [-0.15, -0.1) is 11.3 Å². The van der Waals surface area contributed by atoms with Gasteiger partial charge in [-0.3, -0.25) is 9.59 Å². The second-order valence-corrected chi connectivity index (χ2v) is 8.21. The summed E-state index contributed by atoms with van der Waals surface area (Å²) < 4.78 is 5.80. The van der Waals surface area contributed by atoms with Crippen LogP contribution in [0.5, 0.6) is 5.75 Å². The molecule has 2 aliphatic heterocycles. The number of hydrogen-bond acceptors (Lipinski definition) is 5. The Hall–Kier alpha value is -2.12. The summed E-state index contributed by atoms with van der Waals surface area (Å²) in [6.07, 6.45) is 0.366. The molecule has 2 amide bonds. The Labute approximate surface area is 166 Å². The van der Waals surface area contributed by atoms with Crippen molar-refractivity contribution in [3.8, 4) is 5.75 Å². The van der Waals surface area contributed by atoms with Crippen molar-refractivity contribution >= 4 is 34.8 Å². The molecule has 4 rings (SSSR count). The van der Waals surface area contributed by atoms with Gasteiger partial charge < -0.3 is 14.5 Å². The average molecular weight is 406 g/mol. The molecule has 0 spiro atoms. The number of carbonyl (C=O) groups is 2. The van der Waals surface area contributed by atoms with Gasteiger partial charge in [0.1, 0.15) is 10.8 Å². The minimum absolute atomic E-state index is 0.0232. The Balaban J connectivity index is 1.30. The van der Waals surface area contributed by atoms with E-state index in [-0.39, 0.29) is 11.8 Å². The third-order valence-electron chi connectivity index (χ3n) is 4.89. The lowest BCUT2D eigenvalue weighted by atomic mass is 10.1. The van der Waals surface area contributed by atoms with Gasteiger partial charge in [0.2, 0.25) is 5.91 Å². The molecule has 0 bridgehead atoms. The molecule has 6 nitrogen and oxygen atoms in total. The molecule has 0 N–H and O–H groups in total. The van der Waals surface area contributed by atoms with E-state index in [1.165, 1.54) is 11.3 Å². The predicted octanol–water partition coefficient (Wildman–Crippen LogP) is 2.32. The predicted molar refractivity (Wildman–Crippen MR) is 103 cm³/mol. The second-order valence-electron chi connectivity index (χ2n) is 6.83. The van der Waals surface area contributed by atoms with Crippen molar-refractivity contribution < 1.29 is 14.3 Å². The van der Waals surface area contributed by atoms with Crippen LogP contribution in [0.2, 0.25) is 5.02 Å². The van der Waals surface area contributed by atoms with E-state index in [4.69, 9.17) is 16.3 Å². The van der Waals surface area contributed by atoms with Gasteiger partial charge in [0.15, 0.2) is 6.10 Å². The Morgan fingerprint density at radius 3 is 2.70 bits per heavy atom. The molecular formula is C19H20ClN3O3S. The van der Waals surface area contributed by atoms with E-state index in [1.807, 2.05) is 29.3 Å². The highest BCUT2D eigenvalue weighted by atomic mass is 35.5. The van der Waals surface area contributed by atoms with Crippen molar-refractivity contribution in [1.29, 1.82) is 0 Å². The van der Waals surface area contributed by atoms with Gasteiger partial charge in [-0.1, -0.05) is 11.6 Å². The Kier molecular flexibility index (Phi) is 5.06. The van der Waals surface area contributed by atoms with Crippen LogP contribution in [0, 0.1) is 6.92 Å². The Morgan fingerprint density at radius 2 is 2.00 bits per heavy atom. The number of aromatic nitrogens is 1. The van der Waals surface area contributed by atoms with Crippen molar-refractivity contribution in [3.63, 3.8) is 0 Å². The van der Waals surface area contributed by atoms with Crippen LogP contribution in [-0.4, -0.2) is 58.9 Å². The van der Waals surface area contributed by atoms with Crippen LogP contribution in [0.25, 0.3) is 0 Å². The molecule has 1 atom stereocenters. The van der Waals surface area contributed by atoms with Gasteiger partial charge in [0.25, 0.3) is 5.91 Å². The summed E-state index contributed by atoms with van der Waals surface area (Å²) in [6.45, 7) is 4.06. The van der Waals surface area contributed by atoms with Gasteiger partial charge in [-0.2, -0.15) is 0 Å². The first kappa shape index (κ1) is 18.3. The number of amides is 2. The minimum Gasteiger partial charge on any atom is -0.480 e. The van der Waals surface area contributed by atoms with E-state index in [2.05, 4.69) is 4.98 Å². The molecule has 142 valence electrons. The fourth-order valence-corrected chi connectivity index (χ4v) is 4.42. The van der Waals surface area contributed by atoms with Crippen molar-refractivity contribution in [3.05, 3.63) is 44.9 Å². The molecule has 0 radical (unpaired) electrons. The minimum atomic E-state index is -0.501. The molecule has 8 heteroatoms. The summed E-state index contributed by atoms with van der Waals surface area (Å²) in [5.74, 6) is 0.769. The van der Waals surface area contributed by atoms with Crippen LogP contribution >= 0.6 is 22.9 Å². The zero-order valence-electron chi connectivity index (χ0n) is 15.0. The lowest BCUT2D eigenvalue weighted by Crippen LogP contribution is -2.53. The fraction of sp³-hybridized carbons (Fsp3) is 0.421. The molecule has 1 aromatic carbocycles. The van der Waals surface area contributed by atoms with Crippen LogP contribution in [0.15, 0.2) is 23.6 Å². The van der Waals surface area contributed by atoms with E-state index in [0.717, 1.165) is 22.0 Å². The highest BCUT2D eigenvalue weighted by molar-refractivity contribution is 7.09. The number of benzene rings is 1. The Bertz CT molecular complexity index is 877. The van der Waals surface area contributed by atoms with Crippen molar-refractivity contribution in [2.45, 2.75) is 25.9 Å². The number of rotatable bonds is 3. The SMILES string of the molecule is Cc1csc(CC(=O)N2CCN(C(=O)[C@@H]3Cc4cc(Cl)ccc4O3)CC2)n1. The van der Waals surface area contributed by atoms with Crippen LogP contribution in [-0.2, 0) is 22.4 Å². The summed E-state index contributed by atoms with van der Waals surface area (Å²) in [5.41, 5.74) is 1.91. The topological polar surface area (TPSA) is 62.7 Å². The first-order valence-electron chi connectivity index (χ1n) is 8.92. The van der Waals surface area contributed by atoms with Crippen LogP contribution in [0.1, 0.15) is 16.3 Å². The van der Waals surface area contributed by atoms with E-state index >= 15 is 0 Å². The van der Waals surface area contributed by atoms with Crippen LogP contribution in [0.4, 0.5) is 0 Å². The normalized spacial score (nSPS) is 19.0. The summed E-state index contributed by atoms with van der Waals surface area (Å²) in [5, 5.41) is 3.44. The number of carbonyl (C=O) groups excluding carboxylic acids is 2. The number of halogens is 1. The summed E-state index contributed by atoms with van der Waals surface area (Å²) in [4.78, 5) is 33.2. The number of thiazole rings is 1. The number of ether oxygens (including phenoxy) is 1. The molecule has 2 aromatic rings. The molecular weight excluding hydrogens is 386 g/mol. The molecule has 2 aliphatic rings. The van der Waals surface area contributed by atoms with E-state index in [9.17, 15) is 9.59 Å². The highest BCUT2D eigenvalue weighted by Crippen LogP contribution is 2.31. The number of piperazine rings is 1. The fourth-order valence-electron chi connectivity index (χ4n) is 3.46. The molecule has 0 unspecified atom stereocenters. The largest absolute Gasteiger partial charge is 0.480 e. The molecule has 0 saturated carbocycles. The monoisotopic (exact) mass is 405 g/mol. The van der Waals surface area contributed by atoms with Gasteiger partial charge in [0.05, 0.1) is 6.42 Å². The zero-order valence-corrected chi connectivity index (χ0v) is 16.6. The molecule has 1 aromatic heterocycles. The molecule has 3 heterocycles. The average Bonchev–Trinajstić information content (AvgIpc) is 3.26. The second kappa shape index (κ2) is 7.48.